The molecule has 0 spiro atoms. The summed E-state index contributed by atoms with van der Waals surface area (Å²) in [6.07, 6.45) is 0.671. The molecule has 2 rings (SSSR count). The Morgan fingerprint density at radius 2 is 1.95 bits per heavy atom. The Hall–Kier alpha value is -1.55. The summed E-state index contributed by atoms with van der Waals surface area (Å²) in [6, 6.07) is 8.32. The molecule has 0 amide bonds. The lowest BCUT2D eigenvalue weighted by molar-refractivity contribution is -0.143. The van der Waals surface area contributed by atoms with Crippen LogP contribution in [0.2, 0.25) is 0 Å². The zero-order valence-corrected chi connectivity index (χ0v) is 11.8. The summed E-state index contributed by atoms with van der Waals surface area (Å²) < 4.78 is 4.75. The number of ether oxygens (including phenoxy) is 1. The van der Waals surface area contributed by atoms with Crippen LogP contribution in [0.15, 0.2) is 24.3 Å². The molecule has 104 valence electrons. The molecule has 0 heterocycles. The van der Waals surface area contributed by atoms with Gasteiger partial charge in [0.15, 0.2) is 0 Å². The van der Waals surface area contributed by atoms with E-state index in [0.29, 0.717) is 6.42 Å². The molecular formula is C15H22N2O2. The Morgan fingerprint density at radius 1 is 1.37 bits per heavy atom. The van der Waals surface area contributed by atoms with Crippen molar-refractivity contribution < 1.29 is 9.53 Å². The van der Waals surface area contributed by atoms with Crippen LogP contribution in [0.25, 0.3) is 0 Å². The number of hydrogen-bond donors (Lipinski definition) is 1. The minimum atomic E-state index is -0.814. The summed E-state index contributed by atoms with van der Waals surface area (Å²) in [4.78, 5) is 13.9. The Morgan fingerprint density at radius 3 is 2.42 bits per heavy atom. The molecule has 1 fully saturated rings. The zero-order chi connectivity index (χ0) is 14.0. The van der Waals surface area contributed by atoms with E-state index in [9.17, 15) is 4.79 Å². The second kappa shape index (κ2) is 5.21. The van der Waals surface area contributed by atoms with Gasteiger partial charge in [-0.15, -0.1) is 0 Å². The summed E-state index contributed by atoms with van der Waals surface area (Å²) in [6.45, 7) is 6.26. The lowest BCUT2D eigenvalue weighted by Gasteiger charge is -2.21. The van der Waals surface area contributed by atoms with E-state index in [0.717, 1.165) is 18.7 Å². The van der Waals surface area contributed by atoms with E-state index in [1.165, 1.54) is 12.8 Å². The highest BCUT2D eigenvalue weighted by Crippen LogP contribution is 2.50. The molecule has 1 saturated carbocycles. The first kappa shape index (κ1) is 13.9. The Kier molecular flexibility index (Phi) is 3.80. The molecular weight excluding hydrogens is 240 g/mol. The average Bonchev–Trinajstić information content (AvgIpc) is 3.13. The van der Waals surface area contributed by atoms with Crippen LogP contribution in [0.5, 0.6) is 0 Å². The third-order valence-corrected chi connectivity index (χ3v) is 3.99. The number of carbonyl (C=O) groups is 1. The van der Waals surface area contributed by atoms with Crippen LogP contribution in [-0.2, 0) is 9.53 Å². The first-order chi connectivity index (χ1) is 9.06. The molecule has 1 aromatic rings. The molecule has 0 aromatic heterocycles. The Labute approximate surface area is 114 Å². The summed E-state index contributed by atoms with van der Waals surface area (Å²) in [7, 11) is 1.38. The molecule has 0 aliphatic heterocycles. The minimum absolute atomic E-state index is 0.0886. The second-order valence-corrected chi connectivity index (χ2v) is 5.05. The maximum Gasteiger partial charge on any atom is 0.326 e. The van der Waals surface area contributed by atoms with Gasteiger partial charge in [-0.25, -0.2) is 0 Å². The van der Waals surface area contributed by atoms with Crippen LogP contribution in [0.1, 0.15) is 31.7 Å². The molecule has 0 radical (unpaired) electrons. The molecule has 2 unspecified atom stereocenters. The SMILES string of the molecule is CCN(CC)c1ccc(C2CC2(N)C(=O)OC)cc1. The van der Waals surface area contributed by atoms with Crippen molar-refractivity contribution >= 4 is 11.7 Å². The maximum absolute atomic E-state index is 11.6. The van der Waals surface area contributed by atoms with Gasteiger partial charge in [0.1, 0.15) is 5.54 Å². The van der Waals surface area contributed by atoms with Gasteiger partial charge >= 0.3 is 5.97 Å². The molecule has 0 saturated heterocycles. The normalized spacial score (nSPS) is 24.9. The van der Waals surface area contributed by atoms with E-state index in [1.807, 2.05) is 0 Å². The van der Waals surface area contributed by atoms with E-state index in [1.54, 1.807) is 0 Å². The first-order valence-electron chi connectivity index (χ1n) is 6.79. The van der Waals surface area contributed by atoms with Gasteiger partial charge in [0, 0.05) is 24.7 Å². The number of methoxy groups -OCH3 is 1. The van der Waals surface area contributed by atoms with E-state index < -0.39 is 5.54 Å². The lowest BCUT2D eigenvalue weighted by atomic mass is 10.1. The highest BCUT2D eigenvalue weighted by atomic mass is 16.5. The molecule has 2 atom stereocenters. The zero-order valence-electron chi connectivity index (χ0n) is 11.8. The number of nitrogens with zero attached hydrogens (tertiary/aromatic N) is 1. The smallest absolute Gasteiger partial charge is 0.326 e. The fourth-order valence-corrected chi connectivity index (χ4v) is 2.62. The number of nitrogens with two attached hydrogens (primary N) is 1. The Balaban J connectivity index is 2.11. The molecule has 4 heteroatoms. The van der Waals surface area contributed by atoms with Gasteiger partial charge in [0.2, 0.25) is 0 Å². The van der Waals surface area contributed by atoms with E-state index >= 15 is 0 Å². The molecule has 4 nitrogen and oxygen atoms in total. The summed E-state index contributed by atoms with van der Waals surface area (Å²) >= 11 is 0. The van der Waals surface area contributed by atoms with Crippen molar-refractivity contribution in [2.45, 2.75) is 31.7 Å². The molecule has 19 heavy (non-hydrogen) atoms. The van der Waals surface area contributed by atoms with Crippen molar-refractivity contribution in [3.8, 4) is 0 Å². The van der Waals surface area contributed by atoms with Crippen molar-refractivity contribution in [1.82, 2.24) is 0 Å². The van der Waals surface area contributed by atoms with E-state index in [2.05, 4.69) is 43.0 Å². The predicted octanol–water partition coefficient (Wildman–Crippen LogP) is 1.89. The average molecular weight is 262 g/mol. The molecule has 1 aliphatic rings. The fraction of sp³-hybridized carbons (Fsp3) is 0.533. The van der Waals surface area contributed by atoms with Gasteiger partial charge in [-0.1, -0.05) is 12.1 Å². The molecule has 2 N–H and O–H groups in total. The topological polar surface area (TPSA) is 55.6 Å². The van der Waals surface area contributed by atoms with E-state index in [-0.39, 0.29) is 11.9 Å². The van der Waals surface area contributed by atoms with Crippen molar-refractivity contribution in [3.63, 3.8) is 0 Å². The van der Waals surface area contributed by atoms with Crippen molar-refractivity contribution in [1.29, 1.82) is 0 Å². The molecule has 0 bridgehead atoms. The lowest BCUT2D eigenvalue weighted by Crippen LogP contribution is -2.35. The van der Waals surface area contributed by atoms with Crippen molar-refractivity contribution in [2.24, 2.45) is 5.73 Å². The van der Waals surface area contributed by atoms with Crippen LogP contribution < -0.4 is 10.6 Å². The Bertz CT molecular complexity index is 454. The summed E-state index contributed by atoms with van der Waals surface area (Å²) in [5.41, 5.74) is 7.55. The standard InChI is InChI=1S/C15H22N2O2/c1-4-17(5-2)12-8-6-11(7-9-12)13-10-15(13,16)14(18)19-3/h6-9,13H,4-5,10,16H2,1-3H3. The van der Waals surface area contributed by atoms with Gasteiger partial charge in [0.25, 0.3) is 0 Å². The maximum atomic E-state index is 11.6. The predicted molar refractivity (Wildman–Crippen MR) is 76.3 cm³/mol. The van der Waals surface area contributed by atoms with Crippen LogP contribution >= 0.6 is 0 Å². The largest absolute Gasteiger partial charge is 0.468 e. The molecule has 1 aliphatic carbocycles. The number of esters is 1. The fourth-order valence-electron chi connectivity index (χ4n) is 2.62. The van der Waals surface area contributed by atoms with Gasteiger partial charge < -0.3 is 15.4 Å². The van der Waals surface area contributed by atoms with E-state index in [4.69, 9.17) is 10.5 Å². The van der Waals surface area contributed by atoms with Crippen molar-refractivity contribution in [3.05, 3.63) is 29.8 Å². The molecule has 1 aromatic carbocycles. The number of carbonyl (C=O) groups excluding carboxylic acids is 1. The van der Waals surface area contributed by atoms with Crippen LogP contribution in [-0.4, -0.2) is 31.7 Å². The van der Waals surface area contributed by atoms with Gasteiger partial charge in [-0.05, 0) is 38.0 Å². The summed E-state index contributed by atoms with van der Waals surface area (Å²) in [5.74, 6) is -0.226. The van der Waals surface area contributed by atoms with Crippen LogP contribution in [0.3, 0.4) is 0 Å². The minimum Gasteiger partial charge on any atom is -0.468 e. The highest BCUT2D eigenvalue weighted by molar-refractivity contribution is 5.86. The number of anilines is 1. The monoisotopic (exact) mass is 262 g/mol. The summed E-state index contributed by atoms with van der Waals surface area (Å²) in [5, 5.41) is 0. The highest BCUT2D eigenvalue weighted by Gasteiger charge is 2.58. The first-order valence-corrected chi connectivity index (χ1v) is 6.79. The third-order valence-electron chi connectivity index (χ3n) is 3.99. The van der Waals surface area contributed by atoms with Crippen molar-refractivity contribution in [2.75, 3.05) is 25.1 Å². The number of benzene rings is 1. The number of hydrogen-bond acceptors (Lipinski definition) is 4. The van der Waals surface area contributed by atoms with Gasteiger partial charge in [-0.2, -0.15) is 0 Å². The van der Waals surface area contributed by atoms with Crippen LogP contribution in [0.4, 0.5) is 5.69 Å². The quantitative estimate of drug-likeness (QED) is 0.823. The van der Waals surface area contributed by atoms with Crippen LogP contribution in [0, 0.1) is 0 Å². The third kappa shape index (κ3) is 2.45. The van der Waals surface area contributed by atoms with Gasteiger partial charge in [0.05, 0.1) is 7.11 Å². The second-order valence-electron chi connectivity index (χ2n) is 5.05. The number of rotatable bonds is 5. The van der Waals surface area contributed by atoms with Gasteiger partial charge in [-0.3, -0.25) is 4.79 Å².